The zero-order chi connectivity index (χ0) is 12.5. The molecule has 0 aliphatic heterocycles. The van der Waals surface area contributed by atoms with E-state index in [9.17, 15) is 0 Å². The van der Waals surface area contributed by atoms with E-state index >= 15 is 0 Å². The van der Waals surface area contributed by atoms with Crippen molar-refractivity contribution in [1.82, 2.24) is 14.9 Å². The molecule has 1 rings (SSSR count). The van der Waals surface area contributed by atoms with Gasteiger partial charge in [0.2, 0.25) is 0 Å². The third-order valence-corrected chi connectivity index (χ3v) is 3.52. The van der Waals surface area contributed by atoms with Crippen LogP contribution in [0.15, 0.2) is 12.4 Å². The summed E-state index contributed by atoms with van der Waals surface area (Å²) in [5, 5.41) is 0. The second kappa shape index (κ2) is 8.27. The Morgan fingerprint density at radius 1 is 1.29 bits per heavy atom. The summed E-state index contributed by atoms with van der Waals surface area (Å²) in [5.41, 5.74) is 3.46. The third kappa shape index (κ3) is 5.34. The van der Waals surface area contributed by atoms with E-state index in [1.165, 1.54) is 0 Å². The summed E-state index contributed by atoms with van der Waals surface area (Å²) in [4.78, 5) is 10.8. The second-order valence-electron chi connectivity index (χ2n) is 3.62. The van der Waals surface area contributed by atoms with Crippen molar-refractivity contribution in [2.24, 2.45) is 5.84 Å². The van der Waals surface area contributed by atoms with Crippen molar-refractivity contribution in [1.29, 1.82) is 0 Å². The number of nitrogens with one attached hydrogen (secondary N) is 1. The molecule has 1 heterocycles. The highest BCUT2D eigenvalue weighted by Gasteiger charge is 2.00. The summed E-state index contributed by atoms with van der Waals surface area (Å²) in [7, 11) is 0. The van der Waals surface area contributed by atoms with Crippen molar-refractivity contribution >= 4 is 17.6 Å². The lowest BCUT2D eigenvalue weighted by atomic mass is 10.5. The summed E-state index contributed by atoms with van der Waals surface area (Å²) in [6, 6.07) is 0. The molecule has 0 radical (unpaired) electrons. The molecule has 0 aromatic carbocycles. The van der Waals surface area contributed by atoms with E-state index < -0.39 is 0 Å². The number of anilines is 1. The fraction of sp³-hybridized carbons (Fsp3) is 0.636. The summed E-state index contributed by atoms with van der Waals surface area (Å²) < 4.78 is 0. The zero-order valence-corrected chi connectivity index (χ0v) is 11.3. The van der Waals surface area contributed by atoms with Crippen LogP contribution in [0.4, 0.5) is 5.82 Å². The Kier molecular flexibility index (Phi) is 6.91. The normalized spacial score (nSPS) is 10.8. The predicted molar refractivity (Wildman–Crippen MR) is 73.8 cm³/mol. The molecule has 6 heteroatoms. The highest BCUT2D eigenvalue weighted by Crippen LogP contribution is 2.10. The minimum atomic E-state index is 0.599. The number of aromatic nitrogens is 2. The van der Waals surface area contributed by atoms with E-state index in [4.69, 9.17) is 5.84 Å². The molecule has 0 bridgehead atoms. The molecule has 0 saturated carbocycles. The van der Waals surface area contributed by atoms with Gasteiger partial charge in [0.15, 0.2) is 5.82 Å². The van der Waals surface area contributed by atoms with Crippen LogP contribution in [0.25, 0.3) is 0 Å². The lowest BCUT2D eigenvalue weighted by Gasteiger charge is -2.17. The van der Waals surface area contributed by atoms with Gasteiger partial charge in [-0.2, -0.15) is 11.8 Å². The number of nitrogens with zero attached hydrogens (tertiary/aromatic N) is 3. The van der Waals surface area contributed by atoms with E-state index in [0.717, 1.165) is 36.8 Å². The number of hydrogen-bond acceptors (Lipinski definition) is 6. The minimum Gasteiger partial charge on any atom is -0.307 e. The van der Waals surface area contributed by atoms with E-state index in [0.29, 0.717) is 5.82 Å². The lowest BCUT2D eigenvalue weighted by Crippen LogP contribution is -2.25. The molecule has 96 valence electrons. The van der Waals surface area contributed by atoms with Crippen molar-refractivity contribution in [3.05, 3.63) is 18.1 Å². The fourth-order valence-electron chi connectivity index (χ4n) is 1.41. The first-order valence-electron chi connectivity index (χ1n) is 5.87. The third-order valence-electron chi connectivity index (χ3n) is 2.55. The van der Waals surface area contributed by atoms with Crippen molar-refractivity contribution in [3.63, 3.8) is 0 Å². The SMILES string of the molecule is CCN(CC)CCSCc1cnc(NN)cn1. The highest BCUT2D eigenvalue weighted by atomic mass is 32.2. The Hall–Kier alpha value is -0.850. The fourth-order valence-corrected chi connectivity index (χ4v) is 2.30. The number of thioether (sulfide) groups is 1. The van der Waals surface area contributed by atoms with E-state index in [-0.39, 0.29) is 0 Å². The molecule has 3 N–H and O–H groups in total. The van der Waals surface area contributed by atoms with Gasteiger partial charge in [0, 0.05) is 18.1 Å². The van der Waals surface area contributed by atoms with E-state index in [1.54, 1.807) is 12.4 Å². The molecule has 17 heavy (non-hydrogen) atoms. The Morgan fingerprint density at radius 3 is 2.59 bits per heavy atom. The van der Waals surface area contributed by atoms with Gasteiger partial charge in [-0.25, -0.2) is 10.8 Å². The average Bonchev–Trinajstić information content (AvgIpc) is 2.40. The highest BCUT2D eigenvalue weighted by molar-refractivity contribution is 7.98. The van der Waals surface area contributed by atoms with Gasteiger partial charge < -0.3 is 10.3 Å². The number of hydrazine groups is 1. The van der Waals surface area contributed by atoms with Crippen LogP contribution in [0.5, 0.6) is 0 Å². The monoisotopic (exact) mass is 255 g/mol. The van der Waals surface area contributed by atoms with Gasteiger partial charge in [0.25, 0.3) is 0 Å². The van der Waals surface area contributed by atoms with Gasteiger partial charge in [0.05, 0.1) is 18.1 Å². The molecular formula is C11H21N5S. The molecule has 0 fully saturated rings. The van der Waals surface area contributed by atoms with Gasteiger partial charge in [-0.15, -0.1) is 0 Å². The van der Waals surface area contributed by atoms with Crippen LogP contribution < -0.4 is 11.3 Å². The molecule has 0 atom stereocenters. The molecule has 0 amide bonds. The molecule has 0 aliphatic rings. The quantitative estimate of drug-likeness (QED) is 0.415. The van der Waals surface area contributed by atoms with Crippen molar-refractivity contribution in [2.45, 2.75) is 19.6 Å². The molecule has 5 nitrogen and oxygen atoms in total. The number of nitrogens with two attached hydrogens (primary N) is 1. The minimum absolute atomic E-state index is 0.599. The summed E-state index contributed by atoms with van der Waals surface area (Å²) in [5.74, 6) is 7.85. The van der Waals surface area contributed by atoms with Crippen molar-refractivity contribution in [3.8, 4) is 0 Å². The maximum Gasteiger partial charge on any atom is 0.158 e. The molecule has 0 unspecified atom stereocenters. The van der Waals surface area contributed by atoms with Crippen LogP contribution in [0.2, 0.25) is 0 Å². The summed E-state index contributed by atoms with van der Waals surface area (Å²) in [6.07, 6.45) is 3.42. The van der Waals surface area contributed by atoms with E-state index in [2.05, 4.69) is 34.1 Å². The molecule has 1 aromatic rings. The van der Waals surface area contributed by atoms with Crippen LogP contribution in [-0.2, 0) is 5.75 Å². The second-order valence-corrected chi connectivity index (χ2v) is 4.72. The summed E-state index contributed by atoms with van der Waals surface area (Å²) in [6.45, 7) is 7.76. The van der Waals surface area contributed by atoms with Gasteiger partial charge in [-0.1, -0.05) is 13.8 Å². The van der Waals surface area contributed by atoms with Crippen LogP contribution in [-0.4, -0.2) is 40.3 Å². The Balaban J connectivity index is 2.21. The standard InChI is InChI=1S/C11H21N5S/c1-3-16(4-2)5-6-17-9-10-7-14-11(15-12)8-13-10/h7-8H,3-6,9,12H2,1-2H3,(H,14,15). The molecule has 0 saturated heterocycles. The van der Waals surface area contributed by atoms with Crippen LogP contribution in [0, 0.1) is 0 Å². The van der Waals surface area contributed by atoms with E-state index in [1.807, 2.05) is 11.8 Å². The van der Waals surface area contributed by atoms with Crippen molar-refractivity contribution < 1.29 is 0 Å². The first kappa shape index (κ1) is 14.2. The van der Waals surface area contributed by atoms with Gasteiger partial charge in [-0.3, -0.25) is 4.98 Å². The van der Waals surface area contributed by atoms with Gasteiger partial charge in [-0.05, 0) is 13.1 Å². The Morgan fingerprint density at radius 2 is 2.06 bits per heavy atom. The molecule has 1 aromatic heterocycles. The van der Waals surface area contributed by atoms with Gasteiger partial charge >= 0.3 is 0 Å². The number of nitrogen functional groups attached to an aromatic ring is 1. The zero-order valence-electron chi connectivity index (χ0n) is 10.5. The summed E-state index contributed by atoms with van der Waals surface area (Å²) >= 11 is 1.88. The smallest absolute Gasteiger partial charge is 0.158 e. The number of hydrogen-bond donors (Lipinski definition) is 2. The largest absolute Gasteiger partial charge is 0.307 e. The van der Waals surface area contributed by atoms with Crippen LogP contribution in [0.1, 0.15) is 19.5 Å². The first-order chi connectivity index (χ1) is 8.30. The van der Waals surface area contributed by atoms with Gasteiger partial charge in [0.1, 0.15) is 0 Å². The lowest BCUT2D eigenvalue weighted by molar-refractivity contribution is 0.324. The molecular weight excluding hydrogens is 234 g/mol. The van der Waals surface area contributed by atoms with Crippen molar-refractivity contribution in [2.75, 3.05) is 30.8 Å². The first-order valence-corrected chi connectivity index (χ1v) is 7.03. The van der Waals surface area contributed by atoms with Crippen LogP contribution >= 0.6 is 11.8 Å². The molecule has 0 aliphatic carbocycles. The Bertz CT molecular complexity index is 299. The topological polar surface area (TPSA) is 67.1 Å². The Labute approximate surface area is 107 Å². The molecule has 0 spiro atoms. The number of rotatable bonds is 8. The maximum absolute atomic E-state index is 5.22. The average molecular weight is 255 g/mol. The van der Waals surface area contributed by atoms with Crippen LogP contribution in [0.3, 0.4) is 0 Å². The maximum atomic E-state index is 5.22. The predicted octanol–water partition coefficient (Wildman–Crippen LogP) is 1.34.